The number of benzene rings is 2. The van der Waals surface area contributed by atoms with E-state index in [0.717, 1.165) is 11.1 Å². The van der Waals surface area contributed by atoms with Gasteiger partial charge in [-0.15, -0.1) is 0 Å². The molecule has 0 unspecified atom stereocenters. The highest BCUT2D eigenvalue weighted by molar-refractivity contribution is 5.92. The number of rotatable bonds is 13. The number of nitrogens with one attached hydrogen (secondary N) is 3. The number of ether oxygens (including phenoxy) is 2. The third-order valence-electron chi connectivity index (χ3n) is 7.11. The van der Waals surface area contributed by atoms with E-state index in [1.807, 2.05) is 42.5 Å². The lowest BCUT2D eigenvalue weighted by Gasteiger charge is -2.37. The number of quaternary nitrogens is 1. The molecule has 1 saturated heterocycles. The van der Waals surface area contributed by atoms with Crippen molar-refractivity contribution in [3.05, 3.63) is 64.8 Å². The van der Waals surface area contributed by atoms with Crippen molar-refractivity contribution in [2.24, 2.45) is 5.73 Å². The predicted molar refractivity (Wildman–Crippen MR) is 157 cm³/mol. The summed E-state index contributed by atoms with van der Waals surface area (Å²) < 4.78 is 17.6. The van der Waals surface area contributed by atoms with Crippen molar-refractivity contribution >= 4 is 41.0 Å². The van der Waals surface area contributed by atoms with Crippen LogP contribution >= 0.6 is 0 Å². The number of carbonyl (C=O) groups is 2. The largest absolute Gasteiger partial charge is 0.414 e. The molecule has 1 aromatic heterocycles. The molecule has 1 aliphatic rings. The van der Waals surface area contributed by atoms with Gasteiger partial charge in [-0.25, -0.2) is 4.48 Å². The van der Waals surface area contributed by atoms with E-state index in [0.29, 0.717) is 62.5 Å². The number of para-hydroxylation sites is 1. The van der Waals surface area contributed by atoms with Crippen LogP contribution < -0.4 is 26.3 Å². The van der Waals surface area contributed by atoms with Gasteiger partial charge < -0.3 is 30.3 Å². The van der Waals surface area contributed by atoms with Gasteiger partial charge in [-0.3, -0.25) is 24.6 Å². The third kappa shape index (κ3) is 7.80. The number of esters is 1. The van der Waals surface area contributed by atoms with Gasteiger partial charge in [0.25, 0.3) is 0 Å². The molecule has 1 fully saturated rings. The Hall–Kier alpha value is -4.55. The van der Waals surface area contributed by atoms with Crippen LogP contribution in [0.5, 0.6) is 0 Å². The van der Waals surface area contributed by atoms with Crippen molar-refractivity contribution in [2.75, 3.05) is 39.6 Å². The van der Waals surface area contributed by atoms with Crippen molar-refractivity contribution in [3.8, 4) is 11.1 Å². The van der Waals surface area contributed by atoms with E-state index in [1.54, 1.807) is 12.4 Å². The summed E-state index contributed by atoms with van der Waals surface area (Å²) >= 11 is 0. The van der Waals surface area contributed by atoms with Crippen molar-refractivity contribution < 1.29 is 28.3 Å². The molecule has 2 aromatic carbocycles. The van der Waals surface area contributed by atoms with Gasteiger partial charge in [0.05, 0.1) is 37.1 Å². The normalized spacial score (nSPS) is 15.0. The minimum absolute atomic E-state index is 0.0721. The lowest BCUT2D eigenvalue weighted by atomic mass is 10.0. The van der Waals surface area contributed by atoms with Crippen molar-refractivity contribution in [1.82, 2.24) is 15.1 Å². The van der Waals surface area contributed by atoms with Gasteiger partial charge in [0.2, 0.25) is 18.9 Å². The van der Waals surface area contributed by atoms with Gasteiger partial charge in [-0.05, 0) is 24.5 Å². The summed E-state index contributed by atoms with van der Waals surface area (Å²) in [6.45, 7) is 1.89. The Morgan fingerprint density at radius 1 is 1.10 bits per heavy atom. The zero-order valence-corrected chi connectivity index (χ0v) is 23.2. The van der Waals surface area contributed by atoms with Crippen LogP contribution in [0.1, 0.15) is 25.7 Å². The van der Waals surface area contributed by atoms with Crippen LogP contribution in [0.4, 0.5) is 5.88 Å². The second-order valence-electron chi connectivity index (χ2n) is 10.1. The van der Waals surface area contributed by atoms with Crippen molar-refractivity contribution in [2.45, 2.75) is 31.7 Å². The maximum atomic E-state index is 13.2. The highest BCUT2D eigenvalue weighted by Crippen LogP contribution is 2.32. The zero-order chi connectivity index (χ0) is 30.0. The number of carbonyl (C=O) groups excluding carboxylic acids is 3. The molecule has 221 valence electrons. The van der Waals surface area contributed by atoms with Gasteiger partial charge >= 0.3 is 11.9 Å². The molecule has 0 saturated carbocycles. The van der Waals surface area contributed by atoms with E-state index >= 15 is 0 Å². The molecule has 1 amide bonds. The number of fused-ring (bicyclic) bond motifs is 1. The third-order valence-corrected chi connectivity index (χ3v) is 7.11. The van der Waals surface area contributed by atoms with E-state index < -0.39 is 17.9 Å². The van der Waals surface area contributed by atoms with E-state index in [-0.39, 0.29) is 35.4 Å². The molecule has 1 aliphatic heterocycles. The first-order valence-electron chi connectivity index (χ1n) is 13.8. The summed E-state index contributed by atoms with van der Waals surface area (Å²) in [6.07, 6.45) is 2.21. The lowest BCUT2D eigenvalue weighted by Crippen LogP contribution is -2.58. The van der Waals surface area contributed by atoms with Gasteiger partial charge in [-0.2, -0.15) is 0 Å². The number of guanidine groups is 1. The molecular formula is C30H35N5O7+. The minimum Gasteiger partial charge on any atom is -0.414 e. The fourth-order valence-corrected chi connectivity index (χ4v) is 4.79. The lowest BCUT2D eigenvalue weighted by molar-refractivity contribution is -0.151. The highest BCUT2D eigenvalue weighted by atomic mass is 16.6. The molecule has 0 spiro atoms. The molecule has 1 radical (unpaired) electrons. The molecule has 0 aliphatic carbocycles. The Bertz CT molecular complexity index is 1470. The SMILES string of the molecule is N=C(N)NCCC[C@@H]([C]=O)NC(=O)CCC(=O)OC[N+]1(c2cc(=O)c3cccc(-c4ccccc4)c3o2)CCOCC1. The number of hydrogen-bond donors (Lipinski definition) is 4. The first-order chi connectivity index (χ1) is 20.3. The molecule has 0 bridgehead atoms. The smallest absolute Gasteiger partial charge is 0.310 e. The number of nitrogens with zero attached hydrogens (tertiary/aromatic N) is 1. The average molecular weight is 578 g/mol. The predicted octanol–water partition coefficient (Wildman–Crippen LogP) is 1.94. The van der Waals surface area contributed by atoms with Crippen molar-refractivity contribution in [1.29, 1.82) is 5.41 Å². The van der Waals surface area contributed by atoms with Crippen LogP contribution in [0, 0.1) is 5.41 Å². The summed E-state index contributed by atoms with van der Waals surface area (Å²) in [5.74, 6) is -0.887. The molecule has 3 aromatic rings. The number of amides is 1. The quantitative estimate of drug-likeness (QED) is 0.0778. The molecule has 42 heavy (non-hydrogen) atoms. The van der Waals surface area contributed by atoms with E-state index in [2.05, 4.69) is 10.6 Å². The highest BCUT2D eigenvalue weighted by Gasteiger charge is 2.38. The molecule has 5 N–H and O–H groups in total. The summed E-state index contributed by atoms with van der Waals surface area (Å²) in [5.41, 5.74) is 7.16. The van der Waals surface area contributed by atoms with Gasteiger partial charge in [0.15, 0.2) is 17.0 Å². The second kappa shape index (κ2) is 14.4. The molecule has 1 atom stereocenters. The molecule has 12 heteroatoms. The molecule has 12 nitrogen and oxygen atoms in total. The van der Waals surface area contributed by atoms with Crippen LogP contribution in [0.2, 0.25) is 0 Å². The summed E-state index contributed by atoms with van der Waals surface area (Å²) in [7, 11) is 0. The number of hydrogen-bond acceptors (Lipinski definition) is 8. The summed E-state index contributed by atoms with van der Waals surface area (Å²) in [5, 5.41) is 12.7. The fraction of sp³-hybridized carbons (Fsp3) is 0.367. The van der Waals surface area contributed by atoms with Crippen LogP contribution in [-0.4, -0.2) is 69.7 Å². The van der Waals surface area contributed by atoms with E-state index in [4.69, 9.17) is 25.0 Å². The van der Waals surface area contributed by atoms with Crippen LogP contribution in [0.3, 0.4) is 0 Å². The minimum atomic E-state index is -0.832. The maximum Gasteiger partial charge on any atom is 0.310 e. The first kappa shape index (κ1) is 30.4. The Kier molecular flexibility index (Phi) is 10.4. The standard InChI is InChI=1S/C30H34N5O7/c31-30(32)33-13-5-8-22(19-36)34-26(38)11-12-28(39)41-20-35(14-16-40-17-15-35)27-18-25(37)24-10-4-9-23(29(24)42-27)21-6-2-1-3-7-21/h1-4,6-7,9-10,18,22H,5,8,11-17,20H2,(H4-,31,32,33,34,38)/p+1/t22-/m0/s1. The van der Waals surface area contributed by atoms with E-state index in [1.165, 1.54) is 6.07 Å². The van der Waals surface area contributed by atoms with Gasteiger partial charge in [-0.1, -0.05) is 42.5 Å². The Labute approximate surface area is 242 Å². The Morgan fingerprint density at radius 2 is 1.86 bits per heavy atom. The van der Waals surface area contributed by atoms with Crippen LogP contribution in [0.15, 0.2) is 63.8 Å². The fourth-order valence-electron chi connectivity index (χ4n) is 4.79. The van der Waals surface area contributed by atoms with Crippen molar-refractivity contribution in [3.63, 3.8) is 0 Å². The van der Waals surface area contributed by atoms with Crippen LogP contribution in [0.25, 0.3) is 22.1 Å². The Morgan fingerprint density at radius 3 is 2.57 bits per heavy atom. The second-order valence-corrected chi connectivity index (χ2v) is 10.1. The molecular weight excluding hydrogens is 542 g/mol. The number of nitrogens with two attached hydrogens (primary N) is 1. The van der Waals surface area contributed by atoms with Gasteiger partial charge in [0.1, 0.15) is 13.1 Å². The average Bonchev–Trinajstić information content (AvgIpc) is 3.01. The van der Waals surface area contributed by atoms with Crippen LogP contribution in [-0.2, 0) is 23.9 Å². The monoisotopic (exact) mass is 577 g/mol. The van der Waals surface area contributed by atoms with E-state index in [9.17, 15) is 19.2 Å². The molecule has 2 heterocycles. The zero-order valence-electron chi connectivity index (χ0n) is 23.2. The number of morpholine rings is 1. The first-order valence-corrected chi connectivity index (χ1v) is 13.8. The summed E-state index contributed by atoms with van der Waals surface area (Å²) in [6, 6.07) is 15.7. The Balaban J connectivity index is 1.42. The summed E-state index contributed by atoms with van der Waals surface area (Å²) in [4.78, 5) is 49.4. The van der Waals surface area contributed by atoms with Gasteiger partial charge in [0, 0.05) is 18.5 Å². The maximum absolute atomic E-state index is 13.2. The topological polar surface area (TPSA) is 174 Å². The molecule has 4 rings (SSSR count).